The minimum Gasteiger partial charge on any atom is -0.463 e. The molecule has 218 valence electrons. The number of esters is 4. The first-order chi connectivity index (χ1) is 19.0. The first kappa shape index (κ1) is 30.7. The number of H-pyrrole nitrogens is 1. The SMILES string of the molecule is CCCSc1ccc2nc(NC(=O)OC3OC(COC(C)=O)C(OC(C)=O)C(OC(C)=O)C3OC(C)=O)[nH]c2c1. The number of nitrogens with one attached hydrogen (secondary N) is 2. The van der Waals surface area contributed by atoms with E-state index in [1.54, 1.807) is 17.8 Å². The Morgan fingerprint density at radius 1 is 0.925 bits per heavy atom. The quantitative estimate of drug-likeness (QED) is 0.238. The van der Waals surface area contributed by atoms with Crippen molar-refractivity contribution in [1.82, 2.24) is 9.97 Å². The molecule has 0 bridgehead atoms. The van der Waals surface area contributed by atoms with Crippen molar-refractivity contribution in [1.29, 1.82) is 0 Å². The molecule has 1 fully saturated rings. The van der Waals surface area contributed by atoms with Crippen molar-refractivity contribution in [2.45, 2.75) is 76.6 Å². The maximum absolute atomic E-state index is 12.9. The smallest absolute Gasteiger partial charge is 0.416 e. The van der Waals surface area contributed by atoms with E-state index in [4.69, 9.17) is 28.4 Å². The largest absolute Gasteiger partial charge is 0.463 e. The Kier molecular flexibility index (Phi) is 10.7. The summed E-state index contributed by atoms with van der Waals surface area (Å²) in [7, 11) is 0. The molecule has 2 heterocycles. The van der Waals surface area contributed by atoms with Crippen LogP contribution in [0.25, 0.3) is 11.0 Å². The van der Waals surface area contributed by atoms with Crippen molar-refractivity contribution < 1.29 is 52.4 Å². The van der Waals surface area contributed by atoms with Gasteiger partial charge in [0.25, 0.3) is 0 Å². The maximum Gasteiger partial charge on any atom is 0.416 e. The topological polar surface area (TPSA) is 181 Å². The Balaban J connectivity index is 1.85. The van der Waals surface area contributed by atoms with Crippen LogP contribution in [0.2, 0.25) is 0 Å². The number of ether oxygens (including phenoxy) is 6. The second-order valence-electron chi connectivity index (χ2n) is 8.71. The Bertz CT molecular complexity index is 1250. The van der Waals surface area contributed by atoms with Gasteiger partial charge in [0, 0.05) is 32.6 Å². The molecule has 2 N–H and O–H groups in total. The van der Waals surface area contributed by atoms with E-state index in [0.29, 0.717) is 11.0 Å². The third-order valence-electron chi connectivity index (χ3n) is 5.32. The zero-order chi connectivity index (χ0) is 29.4. The number of imidazole rings is 1. The number of benzene rings is 1. The van der Waals surface area contributed by atoms with Crippen LogP contribution in [0.1, 0.15) is 41.0 Å². The molecule has 0 saturated carbocycles. The lowest BCUT2D eigenvalue weighted by Gasteiger charge is -2.43. The normalized spacial score (nSPS) is 22.2. The molecule has 1 aliphatic rings. The van der Waals surface area contributed by atoms with Crippen molar-refractivity contribution in [3.8, 4) is 0 Å². The van der Waals surface area contributed by atoms with Gasteiger partial charge in [0.1, 0.15) is 12.7 Å². The van der Waals surface area contributed by atoms with Crippen LogP contribution in [0.15, 0.2) is 23.1 Å². The van der Waals surface area contributed by atoms with Crippen LogP contribution >= 0.6 is 11.8 Å². The number of amides is 1. The summed E-state index contributed by atoms with van der Waals surface area (Å²) in [4.78, 5) is 68.3. The summed E-state index contributed by atoms with van der Waals surface area (Å²) in [6.45, 7) is 6.04. The van der Waals surface area contributed by atoms with Crippen molar-refractivity contribution in [3.05, 3.63) is 18.2 Å². The number of thioether (sulfide) groups is 1. The summed E-state index contributed by atoms with van der Waals surface area (Å²) >= 11 is 1.68. The standard InChI is InChI=1S/C25H31N3O11S/c1-6-9-40-16-7-8-17-18(10-16)27-24(26-17)28-25(33)39-23-22(37-15(5)32)21(36-14(4)31)20(35-13(3)30)19(38-23)11-34-12(2)29/h7-8,10,19-23H,6,9,11H2,1-5H3,(H2,26,27,28,33). The van der Waals surface area contributed by atoms with Crippen molar-refractivity contribution in [2.24, 2.45) is 0 Å². The highest BCUT2D eigenvalue weighted by molar-refractivity contribution is 7.99. The number of carbonyl (C=O) groups excluding carboxylic acids is 5. The predicted molar refractivity (Wildman–Crippen MR) is 139 cm³/mol. The zero-order valence-corrected chi connectivity index (χ0v) is 23.4. The third kappa shape index (κ3) is 8.58. The van der Waals surface area contributed by atoms with Gasteiger partial charge in [0.15, 0.2) is 12.2 Å². The summed E-state index contributed by atoms with van der Waals surface area (Å²) in [6.07, 6.45) is -7.34. The van der Waals surface area contributed by atoms with E-state index in [9.17, 15) is 24.0 Å². The van der Waals surface area contributed by atoms with Crippen LogP contribution in [0.4, 0.5) is 10.7 Å². The monoisotopic (exact) mass is 581 g/mol. The van der Waals surface area contributed by atoms with Crippen molar-refractivity contribution in [3.63, 3.8) is 0 Å². The van der Waals surface area contributed by atoms with Crippen LogP contribution in [-0.4, -0.2) is 83.0 Å². The van der Waals surface area contributed by atoms with E-state index in [0.717, 1.165) is 44.8 Å². The molecule has 14 nitrogen and oxygen atoms in total. The molecule has 5 unspecified atom stereocenters. The van der Waals surface area contributed by atoms with Gasteiger partial charge in [0.2, 0.25) is 18.3 Å². The van der Waals surface area contributed by atoms with Crippen LogP contribution < -0.4 is 5.32 Å². The number of hydrogen-bond acceptors (Lipinski definition) is 13. The number of aromatic amines is 1. The Hall–Kier alpha value is -3.85. The minimum atomic E-state index is -1.66. The highest BCUT2D eigenvalue weighted by Gasteiger charge is 2.53. The average molecular weight is 582 g/mol. The summed E-state index contributed by atoms with van der Waals surface area (Å²) < 4.78 is 32.0. The van der Waals surface area contributed by atoms with E-state index in [-0.39, 0.29) is 5.95 Å². The molecule has 1 aliphatic heterocycles. The number of anilines is 1. The van der Waals surface area contributed by atoms with Gasteiger partial charge in [-0.2, -0.15) is 0 Å². The van der Waals surface area contributed by atoms with Gasteiger partial charge in [-0.15, -0.1) is 11.8 Å². The molecule has 1 aromatic heterocycles. The highest BCUT2D eigenvalue weighted by Crippen LogP contribution is 2.30. The molecule has 15 heteroatoms. The number of hydrogen-bond donors (Lipinski definition) is 2. The van der Waals surface area contributed by atoms with Crippen molar-refractivity contribution >= 4 is 58.7 Å². The summed E-state index contributed by atoms with van der Waals surface area (Å²) in [6, 6.07) is 5.63. The van der Waals surface area contributed by atoms with Gasteiger partial charge in [-0.05, 0) is 30.4 Å². The van der Waals surface area contributed by atoms with E-state index < -0.39 is 67.3 Å². The Labute approximate surface area is 233 Å². The summed E-state index contributed by atoms with van der Waals surface area (Å²) in [5.74, 6) is -2.06. The molecule has 0 radical (unpaired) electrons. The second kappa shape index (κ2) is 14.0. The molecular formula is C25H31N3O11S. The van der Waals surface area contributed by atoms with E-state index in [1.807, 2.05) is 12.1 Å². The first-order valence-electron chi connectivity index (χ1n) is 12.4. The van der Waals surface area contributed by atoms with E-state index in [1.165, 1.54) is 0 Å². The van der Waals surface area contributed by atoms with Gasteiger partial charge in [-0.1, -0.05) is 6.92 Å². The van der Waals surface area contributed by atoms with Gasteiger partial charge in [-0.3, -0.25) is 24.5 Å². The molecule has 1 amide bonds. The lowest BCUT2D eigenvalue weighted by Crippen LogP contribution is -2.63. The second-order valence-corrected chi connectivity index (χ2v) is 9.88. The molecule has 5 atom stereocenters. The number of rotatable bonds is 10. The molecule has 2 aromatic rings. The fraction of sp³-hybridized carbons (Fsp3) is 0.520. The molecule has 1 aromatic carbocycles. The molecular weight excluding hydrogens is 550 g/mol. The van der Waals surface area contributed by atoms with E-state index in [2.05, 4.69) is 22.2 Å². The number of nitrogens with zero attached hydrogens (tertiary/aromatic N) is 1. The summed E-state index contributed by atoms with van der Waals surface area (Å²) in [5, 5.41) is 2.45. The fourth-order valence-electron chi connectivity index (χ4n) is 3.87. The van der Waals surface area contributed by atoms with Gasteiger partial charge in [0.05, 0.1) is 11.0 Å². The Morgan fingerprint density at radius 2 is 1.57 bits per heavy atom. The van der Waals surface area contributed by atoms with Crippen LogP contribution in [-0.2, 0) is 47.6 Å². The Morgan fingerprint density at radius 3 is 2.20 bits per heavy atom. The van der Waals surface area contributed by atoms with Gasteiger partial charge < -0.3 is 33.4 Å². The number of fused-ring (bicyclic) bond motifs is 1. The fourth-order valence-corrected chi connectivity index (χ4v) is 4.68. The maximum atomic E-state index is 12.9. The summed E-state index contributed by atoms with van der Waals surface area (Å²) in [5.41, 5.74) is 1.28. The molecule has 40 heavy (non-hydrogen) atoms. The molecule has 0 spiro atoms. The van der Waals surface area contributed by atoms with Crippen LogP contribution in [0.3, 0.4) is 0 Å². The molecule has 1 saturated heterocycles. The minimum absolute atomic E-state index is 0.0725. The van der Waals surface area contributed by atoms with Crippen molar-refractivity contribution in [2.75, 3.05) is 17.7 Å². The van der Waals surface area contributed by atoms with Gasteiger partial charge in [-0.25, -0.2) is 9.78 Å². The van der Waals surface area contributed by atoms with E-state index >= 15 is 0 Å². The first-order valence-corrected chi connectivity index (χ1v) is 13.4. The lowest BCUT2D eigenvalue weighted by molar-refractivity contribution is -0.293. The molecule has 3 rings (SSSR count). The van der Waals surface area contributed by atoms with Crippen LogP contribution in [0, 0.1) is 0 Å². The van der Waals surface area contributed by atoms with Crippen LogP contribution in [0.5, 0.6) is 0 Å². The van der Waals surface area contributed by atoms with Gasteiger partial charge >= 0.3 is 30.0 Å². The predicted octanol–water partition coefficient (Wildman–Crippen LogP) is 2.70. The third-order valence-corrected chi connectivity index (χ3v) is 6.52. The molecule has 0 aliphatic carbocycles. The highest BCUT2D eigenvalue weighted by atomic mass is 32.2. The lowest BCUT2D eigenvalue weighted by atomic mass is 9.98. The number of carbonyl (C=O) groups is 5. The average Bonchev–Trinajstić information content (AvgIpc) is 3.25. The zero-order valence-electron chi connectivity index (χ0n) is 22.6. The number of aromatic nitrogens is 2.